The molecule has 2 rings (SSSR count). The minimum absolute atomic E-state index is 0.0384. The number of non-ortho nitro benzene ring substituents is 1. The van der Waals surface area contributed by atoms with Crippen molar-refractivity contribution in [2.45, 2.75) is 11.1 Å². The Bertz CT molecular complexity index is 1140. The van der Waals surface area contributed by atoms with Crippen molar-refractivity contribution in [3.8, 4) is 5.75 Å². The van der Waals surface area contributed by atoms with Gasteiger partial charge in [-0.15, -0.1) is 6.58 Å². The summed E-state index contributed by atoms with van der Waals surface area (Å²) in [4.78, 5) is 22.0. The number of nitro benzene ring substituents is 1. The highest BCUT2D eigenvalue weighted by Gasteiger charge is 2.33. The Hall–Kier alpha value is -3.45. The lowest BCUT2D eigenvalue weighted by molar-refractivity contribution is -0.384. The molecule has 0 atom stereocenters. The van der Waals surface area contributed by atoms with E-state index in [1.165, 1.54) is 19.3 Å². The number of carbonyl (C=O) groups excluding carboxylic acids is 1. The van der Waals surface area contributed by atoms with Gasteiger partial charge in [0.15, 0.2) is 0 Å². The van der Waals surface area contributed by atoms with Crippen molar-refractivity contribution in [3.63, 3.8) is 0 Å². The van der Waals surface area contributed by atoms with E-state index in [9.17, 15) is 36.5 Å². The summed E-state index contributed by atoms with van der Waals surface area (Å²) in [5.74, 6) is -0.891. The van der Waals surface area contributed by atoms with Crippen molar-refractivity contribution >= 4 is 27.3 Å². The number of alkyl halides is 3. The minimum Gasteiger partial charge on any atom is -0.494 e. The van der Waals surface area contributed by atoms with Crippen LogP contribution in [0.1, 0.15) is 5.56 Å². The second-order valence-electron chi connectivity index (χ2n) is 6.30. The first-order chi connectivity index (χ1) is 14.9. The summed E-state index contributed by atoms with van der Waals surface area (Å²) in [7, 11) is -3.27. The number of carbonyl (C=O) groups is 1. The number of nitrogens with one attached hydrogen (secondary N) is 1. The zero-order valence-electron chi connectivity index (χ0n) is 16.6. The maximum atomic E-state index is 13.0. The van der Waals surface area contributed by atoms with E-state index in [0.29, 0.717) is 10.4 Å². The Kier molecular flexibility index (Phi) is 7.59. The number of nitrogens with zero attached hydrogens (tertiary/aromatic N) is 2. The molecule has 32 heavy (non-hydrogen) atoms. The molecule has 1 N–H and O–H groups in total. The molecule has 9 nitrogen and oxygen atoms in total. The summed E-state index contributed by atoms with van der Waals surface area (Å²) in [6.07, 6.45) is -3.58. The summed E-state index contributed by atoms with van der Waals surface area (Å²) < 4.78 is 70.3. The average molecular weight is 473 g/mol. The molecule has 0 heterocycles. The molecule has 0 aliphatic carbocycles. The maximum Gasteiger partial charge on any atom is 0.416 e. The summed E-state index contributed by atoms with van der Waals surface area (Å²) in [6.45, 7) is 2.29. The molecule has 0 aliphatic heterocycles. The Morgan fingerprint density at radius 2 is 1.97 bits per heavy atom. The number of nitro groups is 1. The molecule has 1 amide bonds. The fourth-order valence-corrected chi connectivity index (χ4v) is 4.03. The fraction of sp³-hybridized carbons (Fsp3) is 0.211. The Labute approximate surface area is 181 Å². The van der Waals surface area contributed by atoms with Crippen LogP contribution in [-0.2, 0) is 21.0 Å². The zero-order valence-corrected chi connectivity index (χ0v) is 17.4. The van der Waals surface area contributed by atoms with Gasteiger partial charge in [0.25, 0.3) is 5.69 Å². The van der Waals surface area contributed by atoms with Crippen LogP contribution in [0.4, 0.5) is 24.5 Å². The van der Waals surface area contributed by atoms with Crippen molar-refractivity contribution < 1.29 is 36.0 Å². The van der Waals surface area contributed by atoms with Gasteiger partial charge in [0.2, 0.25) is 15.9 Å². The fourth-order valence-electron chi connectivity index (χ4n) is 2.62. The van der Waals surface area contributed by atoms with Crippen LogP contribution in [0.2, 0.25) is 0 Å². The number of hydrogen-bond donors (Lipinski definition) is 1. The third-order valence-electron chi connectivity index (χ3n) is 4.12. The summed E-state index contributed by atoms with van der Waals surface area (Å²) >= 11 is 0. The van der Waals surface area contributed by atoms with Gasteiger partial charge in [-0.25, -0.2) is 8.42 Å². The van der Waals surface area contributed by atoms with Gasteiger partial charge in [-0.05, 0) is 24.3 Å². The van der Waals surface area contributed by atoms with E-state index in [1.54, 1.807) is 0 Å². The van der Waals surface area contributed by atoms with Gasteiger partial charge in [-0.2, -0.15) is 17.5 Å². The van der Waals surface area contributed by atoms with Gasteiger partial charge in [-0.1, -0.05) is 12.1 Å². The summed E-state index contributed by atoms with van der Waals surface area (Å²) in [5.41, 5.74) is -1.41. The van der Waals surface area contributed by atoms with Crippen LogP contribution in [0.5, 0.6) is 5.75 Å². The van der Waals surface area contributed by atoms with E-state index >= 15 is 0 Å². The highest BCUT2D eigenvalue weighted by atomic mass is 32.2. The first-order valence-corrected chi connectivity index (χ1v) is 10.2. The monoisotopic (exact) mass is 473 g/mol. The maximum absolute atomic E-state index is 13.0. The molecule has 2 aromatic rings. The SMILES string of the molecule is C=CCN(CC(=O)Nc1ccc([N+](=O)[O-])cc1OC)S(=O)(=O)c1cccc(C(F)(F)F)c1. The van der Waals surface area contributed by atoms with Gasteiger partial charge in [0, 0.05) is 12.6 Å². The lowest BCUT2D eigenvalue weighted by atomic mass is 10.2. The van der Waals surface area contributed by atoms with E-state index in [2.05, 4.69) is 11.9 Å². The molecule has 0 saturated heterocycles. The predicted octanol–water partition coefficient (Wildman–Crippen LogP) is 3.44. The van der Waals surface area contributed by atoms with E-state index in [4.69, 9.17) is 4.74 Å². The largest absolute Gasteiger partial charge is 0.494 e. The Morgan fingerprint density at radius 1 is 1.28 bits per heavy atom. The number of hydrogen-bond acceptors (Lipinski definition) is 6. The van der Waals surface area contributed by atoms with Gasteiger partial charge >= 0.3 is 6.18 Å². The third kappa shape index (κ3) is 5.82. The van der Waals surface area contributed by atoms with Gasteiger partial charge < -0.3 is 10.1 Å². The van der Waals surface area contributed by atoms with E-state index in [-0.39, 0.29) is 23.7 Å². The zero-order chi connectivity index (χ0) is 24.1. The summed E-state index contributed by atoms with van der Waals surface area (Å²) in [6, 6.07) is 6.51. The van der Waals surface area contributed by atoms with Crippen molar-refractivity contribution in [2.75, 3.05) is 25.5 Å². The molecular weight excluding hydrogens is 455 g/mol. The molecule has 0 unspecified atom stereocenters. The number of anilines is 1. The van der Waals surface area contributed by atoms with Crippen LogP contribution in [0.15, 0.2) is 60.0 Å². The third-order valence-corrected chi connectivity index (χ3v) is 5.93. The van der Waals surface area contributed by atoms with Crippen LogP contribution in [0.3, 0.4) is 0 Å². The van der Waals surface area contributed by atoms with Gasteiger partial charge in [0.05, 0.1) is 40.8 Å². The summed E-state index contributed by atoms with van der Waals surface area (Å²) in [5, 5.41) is 13.2. The number of sulfonamides is 1. The van der Waals surface area contributed by atoms with Crippen LogP contribution in [0.25, 0.3) is 0 Å². The van der Waals surface area contributed by atoms with Crippen molar-refractivity contribution in [1.82, 2.24) is 4.31 Å². The molecule has 2 aromatic carbocycles. The van der Waals surface area contributed by atoms with Crippen LogP contribution < -0.4 is 10.1 Å². The molecular formula is C19H18F3N3O6S. The first kappa shape index (κ1) is 24.8. The standard InChI is InChI=1S/C19H18F3N3O6S/c1-3-9-24(32(29,30)15-6-4-5-13(10-15)19(20,21)22)12-18(26)23-16-8-7-14(25(27)28)11-17(16)31-2/h3-8,10-11H,1,9,12H2,2H3,(H,23,26). The molecule has 0 fully saturated rings. The topological polar surface area (TPSA) is 119 Å². The molecule has 0 radical (unpaired) electrons. The lowest BCUT2D eigenvalue weighted by Gasteiger charge is -2.21. The molecule has 0 aliphatic rings. The van der Waals surface area contributed by atoms with Crippen molar-refractivity contribution in [3.05, 3.63) is 70.8 Å². The Balaban J connectivity index is 2.29. The molecule has 0 bridgehead atoms. The number of benzene rings is 2. The molecule has 13 heteroatoms. The molecule has 0 saturated carbocycles. The quantitative estimate of drug-likeness (QED) is 0.339. The molecule has 0 aromatic heterocycles. The number of rotatable bonds is 9. The van der Waals surface area contributed by atoms with Crippen molar-refractivity contribution in [2.24, 2.45) is 0 Å². The molecule has 0 spiro atoms. The molecule has 172 valence electrons. The highest BCUT2D eigenvalue weighted by molar-refractivity contribution is 7.89. The average Bonchev–Trinajstić information content (AvgIpc) is 2.73. The van der Waals surface area contributed by atoms with E-state index in [1.807, 2.05) is 0 Å². The lowest BCUT2D eigenvalue weighted by Crippen LogP contribution is -2.38. The van der Waals surface area contributed by atoms with Crippen LogP contribution in [0, 0.1) is 10.1 Å². The number of methoxy groups -OCH3 is 1. The predicted molar refractivity (Wildman–Crippen MR) is 109 cm³/mol. The van der Waals surface area contributed by atoms with Gasteiger partial charge in [0.1, 0.15) is 5.75 Å². The second-order valence-corrected chi connectivity index (χ2v) is 8.24. The second kappa shape index (κ2) is 9.78. The van der Waals surface area contributed by atoms with Crippen LogP contribution >= 0.6 is 0 Å². The number of ether oxygens (including phenoxy) is 1. The minimum atomic E-state index is -4.75. The number of halogens is 3. The van der Waals surface area contributed by atoms with Crippen LogP contribution in [-0.4, -0.2) is 43.8 Å². The van der Waals surface area contributed by atoms with E-state index < -0.39 is 44.0 Å². The van der Waals surface area contributed by atoms with E-state index in [0.717, 1.165) is 30.3 Å². The smallest absolute Gasteiger partial charge is 0.416 e. The first-order valence-electron chi connectivity index (χ1n) is 8.80. The van der Waals surface area contributed by atoms with Gasteiger partial charge in [-0.3, -0.25) is 14.9 Å². The Morgan fingerprint density at radius 3 is 2.53 bits per heavy atom. The normalized spacial score (nSPS) is 11.8. The number of amides is 1. The van der Waals surface area contributed by atoms with Crippen molar-refractivity contribution in [1.29, 1.82) is 0 Å². The highest BCUT2D eigenvalue weighted by Crippen LogP contribution is 2.31.